The van der Waals surface area contributed by atoms with E-state index < -0.39 is 38.9 Å². The van der Waals surface area contributed by atoms with Crippen LogP contribution in [0.15, 0.2) is 53.4 Å². The van der Waals surface area contributed by atoms with Crippen molar-refractivity contribution in [2.45, 2.75) is 36.9 Å². The molecule has 12 heteroatoms. The summed E-state index contributed by atoms with van der Waals surface area (Å²) in [6, 6.07) is 10.7. The van der Waals surface area contributed by atoms with E-state index in [0.29, 0.717) is 23.1 Å². The zero-order chi connectivity index (χ0) is 24.7. The van der Waals surface area contributed by atoms with E-state index >= 15 is 0 Å². The van der Waals surface area contributed by atoms with Gasteiger partial charge in [0.1, 0.15) is 10.6 Å². The number of nitrogens with one attached hydrogen (secondary N) is 2. The molecule has 3 aromatic rings. The van der Waals surface area contributed by atoms with Crippen LogP contribution in [0.5, 0.6) is 5.75 Å². The Balaban J connectivity index is 1.72. The molecule has 0 saturated carbocycles. The second kappa shape index (κ2) is 8.60. The summed E-state index contributed by atoms with van der Waals surface area (Å²) in [7, 11) is -4.48. The molecule has 1 aromatic heterocycles. The number of amides is 2. The molecule has 2 heterocycles. The maximum atomic E-state index is 13.0. The smallest absolute Gasteiger partial charge is 0.404 e. The highest BCUT2D eigenvalue weighted by atomic mass is 32.2. The van der Waals surface area contributed by atoms with Gasteiger partial charge in [-0.25, -0.2) is 8.42 Å². The Hall–Kier alpha value is -3.67. The highest BCUT2D eigenvalue weighted by molar-refractivity contribution is 7.92. The number of carbonyl (C=O) groups is 2. The summed E-state index contributed by atoms with van der Waals surface area (Å²) in [5.41, 5.74) is 1.34. The van der Waals surface area contributed by atoms with Crippen LogP contribution in [0.1, 0.15) is 30.0 Å². The number of imide groups is 1. The van der Waals surface area contributed by atoms with Crippen LogP contribution >= 0.6 is 0 Å². The number of para-hydroxylation sites is 2. The Morgan fingerprint density at radius 1 is 1.12 bits per heavy atom. The second-order valence-corrected chi connectivity index (χ2v) is 9.29. The van der Waals surface area contributed by atoms with Crippen LogP contribution in [0.3, 0.4) is 0 Å². The van der Waals surface area contributed by atoms with E-state index in [1.54, 1.807) is 25.1 Å². The van der Waals surface area contributed by atoms with Gasteiger partial charge in [-0.3, -0.25) is 24.6 Å². The predicted molar refractivity (Wildman–Crippen MR) is 116 cm³/mol. The minimum atomic E-state index is -5.07. The van der Waals surface area contributed by atoms with Crippen molar-refractivity contribution < 1.29 is 35.9 Å². The van der Waals surface area contributed by atoms with E-state index in [1.807, 2.05) is 0 Å². The molecule has 2 N–H and O–H groups in total. The van der Waals surface area contributed by atoms with Crippen molar-refractivity contribution in [3.8, 4) is 5.75 Å². The number of benzene rings is 2. The second-order valence-electron chi connectivity index (χ2n) is 7.64. The van der Waals surface area contributed by atoms with E-state index in [4.69, 9.17) is 0 Å². The fourth-order valence-electron chi connectivity index (χ4n) is 3.81. The fourth-order valence-corrected chi connectivity index (χ4v) is 5.01. The van der Waals surface area contributed by atoms with E-state index in [9.17, 15) is 31.2 Å². The minimum Gasteiger partial charge on any atom is -0.404 e. The van der Waals surface area contributed by atoms with E-state index in [0.717, 1.165) is 12.1 Å². The third-order valence-electron chi connectivity index (χ3n) is 5.30. The molecule has 4 rings (SSSR count). The van der Waals surface area contributed by atoms with Gasteiger partial charge in [0.2, 0.25) is 11.8 Å². The number of anilines is 1. The van der Waals surface area contributed by atoms with Gasteiger partial charge in [0.05, 0.1) is 17.1 Å². The van der Waals surface area contributed by atoms with E-state index in [1.165, 1.54) is 18.2 Å². The number of hydrogen-bond donors (Lipinski definition) is 2. The molecule has 178 valence electrons. The monoisotopic (exact) mass is 493 g/mol. The van der Waals surface area contributed by atoms with Gasteiger partial charge in [-0.05, 0) is 43.2 Å². The van der Waals surface area contributed by atoms with Gasteiger partial charge in [-0.15, -0.1) is 13.2 Å². The number of alkyl halides is 3. The number of ether oxygens (including phenoxy) is 1. The van der Waals surface area contributed by atoms with Gasteiger partial charge >= 0.3 is 6.36 Å². The van der Waals surface area contributed by atoms with Gasteiger partial charge in [0.25, 0.3) is 10.0 Å². The molecule has 0 bridgehead atoms. The molecular weight excluding hydrogens is 475 g/mol. The van der Waals surface area contributed by atoms with Gasteiger partial charge in [0.15, 0.2) is 0 Å². The first-order valence-corrected chi connectivity index (χ1v) is 11.5. The largest absolute Gasteiger partial charge is 0.573 e. The molecular formula is C22H18F3N3O5S. The Bertz CT molecular complexity index is 1410. The zero-order valence-electron chi connectivity index (χ0n) is 17.6. The van der Waals surface area contributed by atoms with Crippen molar-refractivity contribution in [2.24, 2.45) is 0 Å². The van der Waals surface area contributed by atoms with Crippen LogP contribution in [0.2, 0.25) is 0 Å². The number of carbonyl (C=O) groups excluding carboxylic acids is 2. The molecule has 1 atom stereocenters. The fraction of sp³-hybridized carbons (Fsp3) is 0.227. The average Bonchev–Trinajstić information content (AvgIpc) is 2.73. The van der Waals surface area contributed by atoms with E-state index in [2.05, 4.69) is 19.8 Å². The molecule has 1 aliphatic rings. The van der Waals surface area contributed by atoms with E-state index in [-0.39, 0.29) is 23.5 Å². The zero-order valence-corrected chi connectivity index (χ0v) is 18.5. The molecule has 34 heavy (non-hydrogen) atoms. The number of nitrogens with zero attached hydrogens (tertiary/aromatic N) is 1. The molecule has 2 aromatic carbocycles. The van der Waals surface area contributed by atoms with Gasteiger partial charge < -0.3 is 4.74 Å². The molecule has 0 radical (unpaired) electrons. The molecule has 1 aliphatic heterocycles. The van der Waals surface area contributed by atoms with Crippen LogP contribution in [-0.2, 0) is 19.6 Å². The quantitative estimate of drug-likeness (QED) is 0.523. The summed E-state index contributed by atoms with van der Waals surface area (Å²) in [5, 5.41) is 2.80. The molecule has 8 nitrogen and oxygen atoms in total. The summed E-state index contributed by atoms with van der Waals surface area (Å²) < 4.78 is 70.3. The van der Waals surface area contributed by atoms with Gasteiger partial charge in [0, 0.05) is 17.5 Å². The maximum absolute atomic E-state index is 13.0. The highest BCUT2D eigenvalue weighted by Crippen LogP contribution is 2.34. The summed E-state index contributed by atoms with van der Waals surface area (Å²) >= 11 is 0. The lowest BCUT2D eigenvalue weighted by molar-refractivity contribution is -0.275. The average molecular weight is 493 g/mol. The van der Waals surface area contributed by atoms with Crippen molar-refractivity contribution in [1.82, 2.24) is 10.3 Å². The first kappa shape index (κ1) is 23.5. The number of fused-ring (bicyclic) bond motifs is 1. The van der Waals surface area contributed by atoms with Crippen LogP contribution in [0, 0.1) is 6.92 Å². The molecule has 1 unspecified atom stereocenters. The highest BCUT2D eigenvalue weighted by Gasteiger charge is 2.34. The normalized spacial score (nSPS) is 16.9. The Morgan fingerprint density at radius 2 is 1.85 bits per heavy atom. The number of sulfonamides is 1. The number of hydrogen-bond acceptors (Lipinski definition) is 6. The lowest BCUT2D eigenvalue weighted by Gasteiger charge is -2.23. The van der Waals surface area contributed by atoms with Crippen molar-refractivity contribution in [3.63, 3.8) is 0 Å². The summed E-state index contributed by atoms with van der Waals surface area (Å²) in [6.07, 6.45) is -4.57. The molecule has 1 fully saturated rings. The third-order valence-corrected chi connectivity index (χ3v) is 6.70. The van der Waals surface area contributed by atoms with Crippen LogP contribution in [0.4, 0.5) is 18.9 Å². The molecule has 1 saturated heterocycles. The lowest BCUT2D eigenvalue weighted by Crippen LogP contribution is -2.39. The van der Waals surface area contributed by atoms with Crippen LogP contribution in [-0.4, -0.2) is 31.6 Å². The minimum absolute atomic E-state index is 0.0391. The first-order chi connectivity index (χ1) is 15.9. The number of piperidine rings is 1. The third kappa shape index (κ3) is 4.81. The van der Waals surface area contributed by atoms with Gasteiger partial charge in [-0.1, -0.05) is 24.3 Å². The number of halogens is 3. The lowest BCUT2D eigenvalue weighted by atomic mass is 9.89. The Morgan fingerprint density at radius 3 is 2.56 bits per heavy atom. The maximum Gasteiger partial charge on any atom is 0.573 e. The number of rotatable bonds is 5. The van der Waals surface area contributed by atoms with Crippen molar-refractivity contribution in [2.75, 3.05) is 4.72 Å². The molecule has 0 spiro atoms. The summed E-state index contributed by atoms with van der Waals surface area (Å²) in [5.74, 6) is -2.23. The standard InChI is InChI=1S/C22H18F3N3O5S/c1-12-15(14-9-10-19(29)27-21(14)30)11-13-5-4-6-16(20(13)26-12)28-34(31,32)18-8-3-2-7-17(18)33-22(23,24)25/h2-8,11,14,28H,9-10H2,1H3,(H,27,29,30). The van der Waals surface area contributed by atoms with Crippen molar-refractivity contribution >= 4 is 38.4 Å². The first-order valence-electron chi connectivity index (χ1n) is 10.1. The molecule has 2 amide bonds. The van der Waals surface area contributed by atoms with Crippen LogP contribution in [0.25, 0.3) is 10.9 Å². The summed E-state index contributed by atoms with van der Waals surface area (Å²) in [6.45, 7) is 1.65. The predicted octanol–water partition coefficient (Wildman–Crippen LogP) is 3.76. The number of aryl methyl sites for hydroxylation is 1. The van der Waals surface area contributed by atoms with Crippen LogP contribution < -0.4 is 14.8 Å². The number of pyridine rings is 1. The Labute approximate surface area is 192 Å². The topological polar surface area (TPSA) is 114 Å². The summed E-state index contributed by atoms with van der Waals surface area (Å²) in [4.78, 5) is 27.5. The van der Waals surface area contributed by atoms with Crippen molar-refractivity contribution in [3.05, 3.63) is 59.8 Å². The number of aromatic nitrogens is 1. The van der Waals surface area contributed by atoms with Gasteiger partial charge in [-0.2, -0.15) is 0 Å². The Kier molecular flexibility index (Phi) is 5.94. The van der Waals surface area contributed by atoms with Crippen molar-refractivity contribution in [1.29, 1.82) is 0 Å². The molecule has 0 aliphatic carbocycles. The SMILES string of the molecule is Cc1nc2c(NS(=O)(=O)c3ccccc3OC(F)(F)F)cccc2cc1C1CCC(=O)NC1=O.